The lowest BCUT2D eigenvalue weighted by atomic mass is 10.2. The molecule has 0 atom stereocenters. The third-order valence-corrected chi connectivity index (χ3v) is 4.63. The minimum absolute atomic E-state index is 0.355. The second kappa shape index (κ2) is 7.21. The summed E-state index contributed by atoms with van der Waals surface area (Å²) in [5.74, 6) is 1.42. The van der Waals surface area contributed by atoms with Crippen LogP contribution in [0.1, 0.15) is 5.69 Å². The zero-order valence-corrected chi connectivity index (χ0v) is 14.6. The summed E-state index contributed by atoms with van der Waals surface area (Å²) in [5, 5.41) is 3.98. The summed E-state index contributed by atoms with van der Waals surface area (Å²) < 4.78 is 10.9. The van der Waals surface area contributed by atoms with Gasteiger partial charge in [0.05, 0.1) is 17.8 Å². The van der Waals surface area contributed by atoms with Crippen LogP contribution in [0, 0.1) is 0 Å². The lowest BCUT2D eigenvalue weighted by Gasteiger charge is -2.06. The molecular weight excluding hydrogens is 353 g/mol. The molecule has 2 aromatic carbocycles. The molecule has 1 aromatic heterocycles. The number of aromatic nitrogens is 1. The van der Waals surface area contributed by atoms with Gasteiger partial charge in [0.15, 0.2) is 0 Å². The molecule has 1 heterocycles. The van der Waals surface area contributed by atoms with Crippen LogP contribution >= 0.6 is 34.5 Å². The van der Waals surface area contributed by atoms with Gasteiger partial charge in [-0.2, -0.15) is 0 Å². The van der Waals surface area contributed by atoms with Gasteiger partial charge >= 0.3 is 0 Å². The number of thiazole rings is 1. The van der Waals surface area contributed by atoms with Crippen molar-refractivity contribution < 1.29 is 9.47 Å². The van der Waals surface area contributed by atoms with Crippen LogP contribution in [0.15, 0.2) is 47.8 Å². The molecule has 0 aliphatic carbocycles. The summed E-state index contributed by atoms with van der Waals surface area (Å²) in [5.41, 5.74) is 1.90. The molecule has 0 spiro atoms. The van der Waals surface area contributed by atoms with Crippen molar-refractivity contribution in [2.75, 3.05) is 7.11 Å². The van der Waals surface area contributed by atoms with Crippen molar-refractivity contribution in [2.45, 2.75) is 6.61 Å². The van der Waals surface area contributed by atoms with E-state index in [4.69, 9.17) is 32.7 Å². The Morgan fingerprint density at radius 2 is 1.87 bits per heavy atom. The van der Waals surface area contributed by atoms with Gasteiger partial charge in [-0.3, -0.25) is 0 Å². The Kier molecular flexibility index (Phi) is 5.06. The first-order valence-corrected chi connectivity index (χ1v) is 8.46. The molecule has 0 fully saturated rings. The number of nitrogens with zero attached hydrogens (tertiary/aromatic N) is 1. The highest BCUT2D eigenvalue weighted by molar-refractivity contribution is 7.13. The van der Waals surface area contributed by atoms with Crippen molar-refractivity contribution in [1.82, 2.24) is 4.98 Å². The van der Waals surface area contributed by atoms with E-state index in [0.29, 0.717) is 22.4 Å². The van der Waals surface area contributed by atoms with E-state index < -0.39 is 0 Å². The lowest BCUT2D eigenvalue weighted by Crippen LogP contribution is -1.96. The molecule has 0 amide bonds. The van der Waals surface area contributed by atoms with Gasteiger partial charge in [0.25, 0.3) is 0 Å². The third-order valence-electron chi connectivity index (χ3n) is 3.16. The zero-order chi connectivity index (χ0) is 16.2. The van der Waals surface area contributed by atoms with Crippen LogP contribution in [0.5, 0.6) is 11.5 Å². The van der Waals surface area contributed by atoms with E-state index in [1.807, 2.05) is 29.6 Å². The van der Waals surface area contributed by atoms with Crippen molar-refractivity contribution in [3.63, 3.8) is 0 Å². The summed E-state index contributed by atoms with van der Waals surface area (Å²) in [6, 6.07) is 13.0. The molecule has 118 valence electrons. The Hall–Kier alpha value is -1.75. The maximum absolute atomic E-state index is 6.09. The number of rotatable bonds is 5. The molecular formula is C17H13Cl2NO2S. The number of methoxy groups -OCH3 is 1. The van der Waals surface area contributed by atoms with Crippen LogP contribution in [-0.2, 0) is 6.61 Å². The first-order valence-electron chi connectivity index (χ1n) is 6.82. The van der Waals surface area contributed by atoms with Crippen molar-refractivity contribution >= 4 is 34.5 Å². The number of hydrogen-bond donors (Lipinski definition) is 0. The van der Waals surface area contributed by atoms with Crippen LogP contribution in [0.25, 0.3) is 10.6 Å². The lowest BCUT2D eigenvalue weighted by molar-refractivity contribution is 0.302. The molecule has 0 saturated carbocycles. The summed E-state index contributed by atoms with van der Waals surface area (Å²) in [7, 11) is 1.65. The fourth-order valence-electron chi connectivity index (χ4n) is 1.98. The van der Waals surface area contributed by atoms with Crippen molar-refractivity contribution in [1.29, 1.82) is 0 Å². The molecule has 0 aliphatic rings. The first kappa shape index (κ1) is 16.1. The normalized spacial score (nSPS) is 10.6. The molecule has 0 bridgehead atoms. The van der Waals surface area contributed by atoms with Gasteiger partial charge in [0.2, 0.25) is 0 Å². The minimum Gasteiger partial charge on any atom is -0.497 e. The Morgan fingerprint density at radius 1 is 1.09 bits per heavy atom. The van der Waals surface area contributed by atoms with E-state index in [1.54, 1.807) is 36.6 Å². The fourth-order valence-corrected chi connectivity index (χ4v) is 3.26. The van der Waals surface area contributed by atoms with Gasteiger partial charge in [0.1, 0.15) is 23.1 Å². The Morgan fingerprint density at radius 3 is 2.57 bits per heavy atom. The zero-order valence-electron chi connectivity index (χ0n) is 12.3. The van der Waals surface area contributed by atoms with Gasteiger partial charge in [-0.05, 0) is 42.5 Å². The van der Waals surface area contributed by atoms with Crippen molar-refractivity contribution in [3.05, 3.63) is 63.6 Å². The van der Waals surface area contributed by atoms with E-state index in [-0.39, 0.29) is 0 Å². The molecule has 23 heavy (non-hydrogen) atoms. The highest BCUT2D eigenvalue weighted by Crippen LogP contribution is 2.29. The van der Waals surface area contributed by atoms with E-state index >= 15 is 0 Å². The average Bonchev–Trinajstić information content (AvgIpc) is 3.03. The molecule has 0 saturated heterocycles. The maximum Gasteiger partial charge on any atom is 0.138 e. The molecule has 6 heteroatoms. The summed E-state index contributed by atoms with van der Waals surface area (Å²) in [4.78, 5) is 4.58. The number of benzene rings is 2. The largest absolute Gasteiger partial charge is 0.497 e. The minimum atomic E-state index is 0.355. The molecule has 0 radical (unpaired) electrons. The monoisotopic (exact) mass is 365 g/mol. The van der Waals surface area contributed by atoms with Crippen LogP contribution in [0.2, 0.25) is 10.0 Å². The molecule has 3 aromatic rings. The second-order valence-electron chi connectivity index (χ2n) is 4.74. The fraction of sp³-hybridized carbons (Fsp3) is 0.118. The van der Waals surface area contributed by atoms with E-state index in [0.717, 1.165) is 22.0 Å². The highest BCUT2D eigenvalue weighted by atomic mass is 35.5. The molecule has 0 unspecified atom stereocenters. The summed E-state index contributed by atoms with van der Waals surface area (Å²) in [6.07, 6.45) is 0. The van der Waals surface area contributed by atoms with Crippen LogP contribution in [0.4, 0.5) is 0 Å². The van der Waals surface area contributed by atoms with Crippen molar-refractivity contribution in [3.8, 4) is 22.1 Å². The van der Waals surface area contributed by atoms with Crippen LogP contribution in [-0.4, -0.2) is 12.1 Å². The number of halogens is 2. The quantitative estimate of drug-likeness (QED) is 0.580. The van der Waals surface area contributed by atoms with E-state index in [9.17, 15) is 0 Å². The van der Waals surface area contributed by atoms with Gasteiger partial charge in [0, 0.05) is 16.0 Å². The predicted octanol–water partition coefficient (Wildman–Crippen LogP) is 5.70. The number of ether oxygens (including phenoxy) is 2. The standard InChI is InChI=1S/C17H13Cl2NO2S/c1-21-14-5-2-11(3-6-14)17-20-13(10-23-17)9-22-16-7-4-12(18)8-15(16)19/h2-8,10H,9H2,1H3. The van der Waals surface area contributed by atoms with Crippen LogP contribution in [0.3, 0.4) is 0 Å². The predicted molar refractivity (Wildman–Crippen MR) is 94.9 cm³/mol. The SMILES string of the molecule is COc1ccc(-c2nc(COc3ccc(Cl)cc3Cl)cs2)cc1. The molecule has 3 nitrogen and oxygen atoms in total. The molecule has 0 aliphatic heterocycles. The number of hydrogen-bond acceptors (Lipinski definition) is 4. The maximum atomic E-state index is 6.09. The van der Waals surface area contributed by atoms with Gasteiger partial charge in [-0.25, -0.2) is 4.98 Å². The van der Waals surface area contributed by atoms with Crippen LogP contribution < -0.4 is 9.47 Å². The Balaban J connectivity index is 1.69. The Bertz CT molecular complexity index is 803. The second-order valence-corrected chi connectivity index (χ2v) is 6.44. The summed E-state index contributed by atoms with van der Waals surface area (Å²) >= 11 is 13.5. The third kappa shape index (κ3) is 3.96. The first-order chi connectivity index (χ1) is 11.2. The smallest absolute Gasteiger partial charge is 0.138 e. The van der Waals surface area contributed by atoms with Gasteiger partial charge in [-0.1, -0.05) is 23.2 Å². The van der Waals surface area contributed by atoms with E-state index in [1.165, 1.54) is 0 Å². The summed E-state index contributed by atoms with van der Waals surface area (Å²) in [6.45, 7) is 0.355. The topological polar surface area (TPSA) is 31.4 Å². The highest BCUT2D eigenvalue weighted by Gasteiger charge is 2.07. The Labute approximate surface area is 148 Å². The average molecular weight is 366 g/mol. The van der Waals surface area contributed by atoms with Gasteiger partial charge < -0.3 is 9.47 Å². The molecule has 0 N–H and O–H groups in total. The van der Waals surface area contributed by atoms with Crippen molar-refractivity contribution in [2.24, 2.45) is 0 Å². The molecule has 3 rings (SSSR count). The van der Waals surface area contributed by atoms with E-state index in [2.05, 4.69) is 4.98 Å². The van der Waals surface area contributed by atoms with Gasteiger partial charge in [-0.15, -0.1) is 11.3 Å².